The van der Waals surface area contributed by atoms with Crippen LogP contribution < -0.4 is 0 Å². The predicted molar refractivity (Wildman–Crippen MR) is 60.7 cm³/mol. The summed E-state index contributed by atoms with van der Waals surface area (Å²) in [6, 6.07) is 9.63. The van der Waals surface area contributed by atoms with Crippen molar-refractivity contribution >= 4 is 5.97 Å². The van der Waals surface area contributed by atoms with E-state index in [1.165, 1.54) is 0 Å². The molecule has 1 aromatic carbocycles. The molecule has 0 aliphatic heterocycles. The van der Waals surface area contributed by atoms with E-state index >= 15 is 0 Å². The Bertz CT molecular complexity index is 326. The van der Waals surface area contributed by atoms with E-state index in [2.05, 4.69) is 0 Å². The van der Waals surface area contributed by atoms with E-state index in [0.717, 1.165) is 5.56 Å². The summed E-state index contributed by atoms with van der Waals surface area (Å²) in [6.45, 7) is 2.28. The molecule has 1 rings (SSSR count). The fraction of sp³-hybridized carbons (Fsp3) is 0.417. The third-order valence-electron chi connectivity index (χ3n) is 2.37. The molecule has 0 amide bonds. The number of rotatable bonds is 6. The number of hydroxylamine groups is 2. The summed E-state index contributed by atoms with van der Waals surface area (Å²) < 4.78 is 0. The molecule has 4 nitrogen and oxygen atoms in total. The first kappa shape index (κ1) is 12.7. The molecule has 0 aliphatic carbocycles. The number of hydrogen-bond donors (Lipinski definition) is 1. The molecule has 1 aromatic rings. The van der Waals surface area contributed by atoms with Gasteiger partial charge in [0.1, 0.15) is 0 Å². The minimum atomic E-state index is -0.817. The average molecular weight is 223 g/mol. The minimum Gasteiger partial charge on any atom is -0.481 e. The van der Waals surface area contributed by atoms with Gasteiger partial charge < -0.3 is 5.11 Å². The van der Waals surface area contributed by atoms with E-state index in [1.807, 2.05) is 37.3 Å². The van der Waals surface area contributed by atoms with Gasteiger partial charge in [-0.3, -0.25) is 9.63 Å². The highest BCUT2D eigenvalue weighted by atomic mass is 16.7. The highest BCUT2D eigenvalue weighted by Crippen LogP contribution is 2.06. The van der Waals surface area contributed by atoms with Crippen molar-refractivity contribution in [3.63, 3.8) is 0 Å². The molecule has 0 spiro atoms. The molecule has 0 radical (unpaired) electrons. The van der Waals surface area contributed by atoms with Gasteiger partial charge in [-0.25, -0.2) is 0 Å². The maximum atomic E-state index is 10.5. The molecular weight excluding hydrogens is 206 g/mol. The van der Waals surface area contributed by atoms with Crippen LogP contribution in [0, 0.1) is 0 Å². The lowest BCUT2D eigenvalue weighted by Crippen LogP contribution is -2.31. The van der Waals surface area contributed by atoms with Crippen LogP contribution >= 0.6 is 0 Å². The number of benzene rings is 1. The summed E-state index contributed by atoms with van der Waals surface area (Å²) >= 11 is 0. The Morgan fingerprint density at radius 1 is 1.44 bits per heavy atom. The van der Waals surface area contributed by atoms with Gasteiger partial charge in [0.15, 0.2) is 0 Å². The fourth-order valence-electron chi connectivity index (χ4n) is 1.26. The molecule has 1 atom stereocenters. The van der Waals surface area contributed by atoms with E-state index in [0.29, 0.717) is 6.61 Å². The fourth-order valence-corrected chi connectivity index (χ4v) is 1.26. The van der Waals surface area contributed by atoms with Crippen LogP contribution in [-0.2, 0) is 16.2 Å². The molecule has 0 saturated carbocycles. The number of hydrogen-bond acceptors (Lipinski definition) is 3. The third-order valence-corrected chi connectivity index (χ3v) is 2.37. The Morgan fingerprint density at radius 3 is 2.62 bits per heavy atom. The first-order chi connectivity index (χ1) is 7.59. The van der Waals surface area contributed by atoms with Crippen molar-refractivity contribution in [2.75, 3.05) is 7.05 Å². The number of aliphatic carboxylic acids is 1. The van der Waals surface area contributed by atoms with Crippen LogP contribution in [0.2, 0.25) is 0 Å². The Balaban J connectivity index is 2.35. The zero-order valence-electron chi connectivity index (χ0n) is 9.59. The predicted octanol–water partition coefficient (Wildman–Crippen LogP) is 1.91. The second kappa shape index (κ2) is 6.25. The van der Waals surface area contributed by atoms with E-state index < -0.39 is 5.97 Å². The van der Waals surface area contributed by atoms with Crippen molar-refractivity contribution in [2.45, 2.75) is 26.0 Å². The maximum absolute atomic E-state index is 10.5. The average Bonchev–Trinajstić information content (AvgIpc) is 2.26. The lowest BCUT2D eigenvalue weighted by atomic mass is 10.2. The normalized spacial score (nSPS) is 12.7. The van der Waals surface area contributed by atoms with Crippen LogP contribution in [0.1, 0.15) is 18.9 Å². The SMILES string of the molecule is C[C@@H](CC(=O)O)N(C)OCc1ccccc1. The molecule has 0 unspecified atom stereocenters. The Morgan fingerprint density at radius 2 is 2.06 bits per heavy atom. The quantitative estimate of drug-likeness (QED) is 0.748. The van der Waals surface area contributed by atoms with Gasteiger partial charge in [-0.05, 0) is 12.5 Å². The lowest BCUT2D eigenvalue weighted by molar-refractivity contribution is -0.180. The molecule has 0 heterocycles. The molecule has 0 aliphatic rings. The van der Waals surface area contributed by atoms with E-state index in [1.54, 1.807) is 12.1 Å². The Hall–Kier alpha value is -1.39. The molecule has 0 aromatic heterocycles. The van der Waals surface area contributed by atoms with Crippen LogP contribution in [0.15, 0.2) is 30.3 Å². The molecule has 0 bridgehead atoms. The highest BCUT2D eigenvalue weighted by Gasteiger charge is 2.13. The van der Waals surface area contributed by atoms with Crippen molar-refractivity contribution in [3.8, 4) is 0 Å². The molecule has 0 fully saturated rings. The molecular formula is C12H17NO3. The maximum Gasteiger partial charge on any atom is 0.305 e. The minimum absolute atomic E-state index is 0.0747. The molecule has 4 heteroatoms. The van der Waals surface area contributed by atoms with Gasteiger partial charge >= 0.3 is 5.97 Å². The van der Waals surface area contributed by atoms with Gasteiger partial charge in [-0.2, -0.15) is 5.06 Å². The second-order valence-corrected chi connectivity index (χ2v) is 3.75. The number of nitrogens with zero attached hydrogens (tertiary/aromatic N) is 1. The topological polar surface area (TPSA) is 49.8 Å². The van der Waals surface area contributed by atoms with E-state index in [4.69, 9.17) is 9.94 Å². The van der Waals surface area contributed by atoms with E-state index in [-0.39, 0.29) is 12.5 Å². The zero-order valence-corrected chi connectivity index (χ0v) is 9.59. The second-order valence-electron chi connectivity index (χ2n) is 3.75. The van der Waals surface area contributed by atoms with Gasteiger partial charge in [0.2, 0.25) is 0 Å². The first-order valence-corrected chi connectivity index (χ1v) is 5.21. The summed E-state index contributed by atoms with van der Waals surface area (Å²) in [5.74, 6) is -0.817. The summed E-state index contributed by atoms with van der Waals surface area (Å²) in [5, 5.41) is 10.2. The summed E-state index contributed by atoms with van der Waals surface area (Å²) in [4.78, 5) is 16.0. The van der Waals surface area contributed by atoms with Gasteiger partial charge in [-0.1, -0.05) is 30.3 Å². The van der Waals surface area contributed by atoms with Gasteiger partial charge in [0.25, 0.3) is 0 Å². The van der Waals surface area contributed by atoms with Crippen molar-refractivity contribution < 1.29 is 14.7 Å². The summed E-state index contributed by atoms with van der Waals surface area (Å²) in [7, 11) is 1.75. The zero-order chi connectivity index (χ0) is 12.0. The van der Waals surface area contributed by atoms with Gasteiger partial charge in [0, 0.05) is 13.1 Å². The monoisotopic (exact) mass is 223 g/mol. The highest BCUT2D eigenvalue weighted by molar-refractivity contribution is 5.67. The van der Waals surface area contributed by atoms with Crippen LogP contribution in [0.3, 0.4) is 0 Å². The molecule has 1 N–H and O–H groups in total. The molecule has 16 heavy (non-hydrogen) atoms. The molecule has 0 saturated heterocycles. The first-order valence-electron chi connectivity index (χ1n) is 5.21. The largest absolute Gasteiger partial charge is 0.481 e. The third kappa shape index (κ3) is 4.42. The summed E-state index contributed by atoms with van der Waals surface area (Å²) in [5.41, 5.74) is 1.07. The van der Waals surface area contributed by atoms with Crippen LogP contribution in [0.4, 0.5) is 0 Å². The van der Waals surface area contributed by atoms with Gasteiger partial charge in [0.05, 0.1) is 13.0 Å². The number of carboxylic acid groups (broad SMARTS) is 1. The smallest absolute Gasteiger partial charge is 0.305 e. The lowest BCUT2D eigenvalue weighted by Gasteiger charge is -2.22. The standard InChI is InChI=1S/C12H17NO3/c1-10(8-12(14)15)13(2)16-9-11-6-4-3-5-7-11/h3-7,10H,8-9H2,1-2H3,(H,14,15)/t10-/m0/s1. The summed E-state index contributed by atoms with van der Waals surface area (Å²) in [6.07, 6.45) is 0.0747. The molecule has 88 valence electrons. The number of carbonyl (C=O) groups is 1. The van der Waals surface area contributed by atoms with Crippen molar-refractivity contribution in [1.82, 2.24) is 5.06 Å². The van der Waals surface area contributed by atoms with Crippen molar-refractivity contribution in [3.05, 3.63) is 35.9 Å². The Kier molecular flexibility index (Phi) is 4.95. The van der Waals surface area contributed by atoms with Crippen LogP contribution in [-0.4, -0.2) is 29.2 Å². The van der Waals surface area contributed by atoms with Crippen molar-refractivity contribution in [2.24, 2.45) is 0 Å². The van der Waals surface area contributed by atoms with Crippen LogP contribution in [0.5, 0.6) is 0 Å². The van der Waals surface area contributed by atoms with Crippen LogP contribution in [0.25, 0.3) is 0 Å². The Labute approximate surface area is 95.4 Å². The number of carboxylic acids is 1. The van der Waals surface area contributed by atoms with Crippen molar-refractivity contribution in [1.29, 1.82) is 0 Å². The van der Waals surface area contributed by atoms with Gasteiger partial charge in [-0.15, -0.1) is 0 Å². The van der Waals surface area contributed by atoms with E-state index in [9.17, 15) is 4.79 Å².